The lowest BCUT2D eigenvalue weighted by molar-refractivity contribution is 0.180. The van der Waals surface area contributed by atoms with Gasteiger partial charge in [-0.3, -0.25) is 4.90 Å². The second-order valence-electron chi connectivity index (χ2n) is 4.69. The van der Waals surface area contributed by atoms with Crippen molar-refractivity contribution in [3.05, 3.63) is 34.6 Å². The molecule has 1 aliphatic heterocycles. The van der Waals surface area contributed by atoms with Gasteiger partial charge in [0, 0.05) is 11.6 Å². The Hall–Kier alpha value is -0.640. The zero-order chi connectivity index (χ0) is 12.3. The van der Waals surface area contributed by atoms with E-state index >= 15 is 0 Å². The van der Waals surface area contributed by atoms with Crippen LogP contribution in [0.25, 0.3) is 0 Å². The molecule has 0 bridgehead atoms. The van der Waals surface area contributed by atoms with E-state index in [1.54, 1.807) is 6.07 Å². The number of rotatable bonds is 3. The van der Waals surface area contributed by atoms with Crippen molar-refractivity contribution in [1.29, 1.82) is 0 Å². The third kappa shape index (κ3) is 3.41. The zero-order valence-corrected chi connectivity index (χ0v) is 10.6. The lowest BCUT2D eigenvalue weighted by Gasteiger charge is -2.31. The van der Waals surface area contributed by atoms with Crippen LogP contribution in [0.1, 0.15) is 18.4 Å². The number of hydrogen-bond donors (Lipinski definition) is 1. The minimum atomic E-state index is -0.221. The Balaban J connectivity index is 1.95. The highest BCUT2D eigenvalue weighted by Crippen LogP contribution is 2.22. The number of likely N-dealkylation sites (tertiary alicyclic amines) is 1. The van der Waals surface area contributed by atoms with Crippen LogP contribution in [0.4, 0.5) is 4.39 Å². The Morgan fingerprint density at radius 3 is 2.71 bits per heavy atom. The average Bonchev–Trinajstić information content (AvgIpc) is 2.35. The molecule has 0 aliphatic carbocycles. The molecule has 2 nitrogen and oxygen atoms in total. The first-order valence-electron chi connectivity index (χ1n) is 6.05. The third-order valence-corrected chi connectivity index (χ3v) is 3.81. The lowest BCUT2D eigenvalue weighted by atomic mass is 9.97. The smallest absolute Gasteiger partial charge is 0.123 e. The fraction of sp³-hybridized carbons (Fsp3) is 0.538. The van der Waals surface area contributed by atoms with Crippen LogP contribution in [0.2, 0.25) is 5.02 Å². The second-order valence-corrected chi connectivity index (χ2v) is 5.10. The molecule has 1 aromatic carbocycles. The Bertz CT molecular complexity index is 376. The van der Waals surface area contributed by atoms with Gasteiger partial charge >= 0.3 is 0 Å². The lowest BCUT2D eigenvalue weighted by Crippen LogP contribution is -2.35. The first-order chi connectivity index (χ1) is 8.19. The summed E-state index contributed by atoms with van der Waals surface area (Å²) in [5, 5.41) is 0.646. The molecule has 94 valence electrons. The molecular weight excluding hydrogens is 239 g/mol. The molecule has 0 radical (unpaired) electrons. The molecule has 2 N–H and O–H groups in total. The molecular formula is C13H18ClFN2. The van der Waals surface area contributed by atoms with Gasteiger partial charge in [-0.2, -0.15) is 0 Å². The van der Waals surface area contributed by atoms with Crippen LogP contribution in [-0.2, 0) is 6.54 Å². The number of nitrogens with zero attached hydrogens (tertiary/aromatic N) is 1. The predicted molar refractivity (Wildman–Crippen MR) is 68.5 cm³/mol. The van der Waals surface area contributed by atoms with E-state index in [1.165, 1.54) is 12.1 Å². The maximum Gasteiger partial charge on any atom is 0.123 e. The molecule has 0 atom stereocenters. The Morgan fingerprint density at radius 2 is 2.06 bits per heavy atom. The van der Waals surface area contributed by atoms with Gasteiger partial charge in [0.05, 0.1) is 0 Å². The first kappa shape index (κ1) is 12.8. The number of halogens is 2. The summed E-state index contributed by atoms with van der Waals surface area (Å²) in [7, 11) is 0. The van der Waals surface area contributed by atoms with Crippen LogP contribution in [-0.4, -0.2) is 24.5 Å². The number of piperidine rings is 1. The fourth-order valence-electron chi connectivity index (χ4n) is 2.29. The number of nitrogens with two attached hydrogens (primary N) is 1. The van der Waals surface area contributed by atoms with Crippen molar-refractivity contribution >= 4 is 11.6 Å². The van der Waals surface area contributed by atoms with Gasteiger partial charge in [0.1, 0.15) is 5.82 Å². The third-order valence-electron chi connectivity index (χ3n) is 3.44. The van der Waals surface area contributed by atoms with Crippen LogP contribution in [0.3, 0.4) is 0 Å². The van der Waals surface area contributed by atoms with E-state index in [0.717, 1.165) is 44.6 Å². The standard InChI is InChI=1S/C13H18ClFN2/c14-13-2-1-12(15)7-11(13)9-17-5-3-10(8-16)4-6-17/h1-2,7,10H,3-6,8-9,16H2. The van der Waals surface area contributed by atoms with E-state index in [1.807, 2.05) is 0 Å². The van der Waals surface area contributed by atoms with Crippen molar-refractivity contribution in [3.63, 3.8) is 0 Å². The van der Waals surface area contributed by atoms with Crippen LogP contribution < -0.4 is 5.73 Å². The topological polar surface area (TPSA) is 29.3 Å². The van der Waals surface area contributed by atoms with E-state index in [0.29, 0.717) is 10.9 Å². The summed E-state index contributed by atoms with van der Waals surface area (Å²) in [6.45, 7) is 3.55. The summed E-state index contributed by atoms with van der Waals surface area (Å²) in [6, 6.07) is 4.54. The monoisotopic (exact) mass is 256 g/mol. The van der Waals surface area contributed by atoms with Crippen molar-refractivity contribution < 1.29 is 4.39 Å². The van der Waals surface area contributed by atoms with E-state index in [9.17, 15) is 4.39 Å². The molecule has 1 aliphatic rings. The summed E-state index contributed by atoms with van der Waals surface area (Å²) < 4.78 is 13.1. The van der Waals surface area contributed by atoms with E-state index < -0.39 is 0 Å². The van der Waals surface area contributed by atoms with Gasteiger partial charge in [0.25, 0.3) is 0 Å². The van der Waals surface area contributed by atoms with E-state index in [2.05, 4.69) is 4.90 Å². The van der Waals surface area contributed by atoms with Gasteiger partial charge in [0.2, 0.25) is 0 Å². The minimum absolute atomic E-state index is 0.221. The molecule has 0 aromatic heterocycles. The molecule has 2 rings (SSSR count). The Kier molecular flexibility index (Phi) is 4.37. The van der Waals surface area contributed by atoms with Gasteiger partial charge in [-0.1, -0.05) is 11.6 Å². The normalized spacial score (nSPS) is 18.5. The van der Waals surface area contributed by atoms with E-state index in [4.69, 9.17) is 17.3 Å². The number of hydrogen-bond acceptors (Lipinski definition) is 2. The summed E-state index contributed by atoms with van der Waals surface area (Å²) in [4.78, 5) is 2.31. The molecule has 0 spiro atoms. The van der Waals surface area contributed by atoms with Gasteiger partial charge in [0.15, 0.2) is 0 Å². The number of benzene rings is 1. The minimum Gasteiger partial charge on any atom is -0.330 e. The molecule has 4 heteroatoms. The summed E-state index contributed by atoms with van der Waals surface area (Å²) >= 11 is 6.06. The largest absolute Gasteiger partial charge is 0.330 e. The summed E-state index contributed by atoms with van der Waals surface area (Å²) in [6.07, 6.45) is 2.26. The quantitative estimate of drug-likeness (QED) is 0.901. The molecule has 1 fully saturated rings. The zero-order valence-electron chi connectivity index (χ0n) is 9.83. The van der Waals surface area contributed by atoms with Crippen LogP contribution >= 0.6 is 11.6 Å². The highest BCUT2D eigenvalue weighted by Gasteiger charge is 2.18. The van der Waals surface area contributed by atoms with Gasteiger partial charge in [-0.25, -0.2) is 4.39 Å². The molecule has 0 amide bonds. The second kappa shape index (κ2) is 5.80. The van der Waals surface area contributed by atoms with Crippen molar-refractivity contribution in [2.75, 3.05) is 19.6 Å². The Morgan fingerprint density at radius 1 is 1.35 bits per heavy atom. The predicted octanol–water partition coefficient (Wildman–Crippen LogP) is 2.65. The van der Waals surface area contributed by atoms with Crippen molar-refractivity contribution in [2.45, 2.75) is 19.4 Å². The van der Waals surface area contributed by atoms with Crippen LogP contribution in [0.5, 0.6) is 0 Å². The maximum atomic E-state index is 13.1. The maximum absolute atomic E-state index is 13.1. The highest BCUT2D eigenvalue weighted by molar-refractivity contribution is 6.31. The molecule has 0 unspecified atom stereocenters. The fourth-order valence-corrected chi connectivity index (χ4v) is 2.46. The molecule has 0 saturated carbocycles. The molecule has 1 aromatic rings. The first-order valence-corrected chi connectivity index (χ1v) is 6.43. The Labute approximate surface area is 107 Å². The molecule has 1 heterocycles. The van der Waals surface area contributed by atoms with Crippen LogP contribution in [0.15, 0.2) is 18.2 Å². The van der Waals surface area contributed by atoms with Crippen LogP contribution in [0, 0.1) is 11.7 Å². The SMILES string of the molecule is NCC1CCN(Cc2cc(F)ccc2Cl)CC1. The summed E-state index contributed by atoms with van der Waals surface area (Å²) in [5.41, 5.74) is 6.53. The van der Waals surface area contributed by atoms with Gasteiger partial charge in [-0.15, -0.1) is 0 Å². The van der Waals surface area contributed by atoms with Gasteiger partial charge in [-0.05, 0) is 62.2 Å². The van der Waals surface area contributed by atoms with Gasteiger partial charge < -0.3 is 5.73 Å². The summed E-state index contributed by atoms with van der Waals surface area (Å²) in [5.74, 6) is 0.426. The molecule has 17 heavy (non-hydrogen) atoms. The van der Waals surface area contributed by atoms with E-state index in [-0.39, 0.29) is 5.82 Å². The van der Waals surface area contributed by atoms with Crippen molar-refractivity contribution in [2.24, 2.45) is 11.7 Å². The van der Waals surface area contributed by atoms with Crippen molar-refractivity contribution in [3.8, 4) is 0 Å². The molecule has 1 saturated heterocycles. The van der Waals surface area contributed by atoms with Crippen molar-refractivity contribution in [1.82, 2.24) is 4.90 Å². The highest BCUT2D eigenvalue weighted by atomic mass is 35.5. The average molecular weight is 257 g/mol.